The van der Waals surface area contributed by atoms with Gasteiger partial charge in [-0.25, -0.2) is 0 Å². The van der Waals surface area contributed by atoms with Gasteiger partial charge in [0.05, 0.1) is 5.92 Å². The highest BCUT2D eigenvalue weighted by atomic mass is 16.2. The van der Waals surface area contributed by atoms with Crippen molar-refractivity contribution in [3.8, 4) is 0 Å². The molecule has 142 valence electrons. The molecule has 4 unspecified atom stereocenters. The summed E-state index contributed by atoms with van der Waals surface area (Å²) < 4.78 is 0. The van der Waals surface area contributed by atoms with Gasteiger partial charge in [-0.15, -0.1) is 0 Å². The van der Waals surface area contributed by atoms with Crippen molar-refractivity contribution >= 4 is 17.5 Å². The summed E-state index contributed by atoms with van der Waals surface area (Å²) in [5, 5.41) is 0. The zero-order valence-corrected chi connectivity index (χ0v) is 16.1. The van der Waals surface area contributed by atoms with Gasteiger partial charge in [0.2, 0.25) is 11.8 Å². The zero-order valence-electron chi connectivity index (χ0n) is 16.1. The highest BCUT2D eigenvalue weighted by molar-refractivity contribution is 6.01. The van der Waals surface area contributed by atoms with Crippen LogP contribution in [0.25, 0.3) is 0 Å². The fourth-order valence-electron chi connectivity index (χ4n) is 4.33. The zero-order chi connectivity index (χ0) is 18.8. The Hall–Kier alpha value is -1.88. The van der Waals surface area contributed by atoms with E-state index in [1.807, 2.05) is 28.0 Å². The number of likely N-dealkylation sites (tertiary alicyclic amines) is 1. The number of nitrogens with two attached hydrogens (primary N) is 1. The van der Waals surface area contributed by atoms with E-state index in [1.165, 1.54) is 5.56 Å². The minimum Gasteiger partial charge on any atom is -0.339 e. The molecule has 5 nitrogen and oxygen atoms in total. The Morgan fingerprint density at radius 3 is 2.69 bits per heavy atom. The van der Waals surface area contributed by atoms with E-state index in [4.69, 9.17) is 5.73 Å². The van der Waals surface area contributed by atoms with Crippen LogP contribution in [0.3, 0.4) is 0 Å². The van der Waals surface area contributed by atoms with Crippen molar-refractivity contribution in [1.82, 2.24) is 4.90 Å². The van der Waals surface area contributed by atoms with Crippen LogP contribution in [0, 0.1) is 11.8 Å². The summed E-state index contributed by atoms with van der Waals surface area (Å²) in [6.07, 6.45) is 2.29. The van der Waals surface area contributed by atoms with Crippen molar-refractivity contribution in [1.29, 1.82) is 0 Å². The molecule has 0 bridgehead atoms. The lowest BCUT2D eigenvalue weighted by Crippen LogP contribution is -2.40. The lowest BCUT2D eigenvalue weighted by Gasteiger charge is -2.26. The molecule has 0 aliphatic carbocycles. The molecule has 2 saturated heterocycles. The predicted octanol–water partition coefficient (Wildman–Crippen LogP) is 2.75. The van der Waals surface area contributed by atoms with E-state index in [-0.39, 0.29) is 23.8 Å². The van der Waals surface area contributed by atoms with Gasteiger partial charge in [0.15, 0.2) is 0 Å². The van der Waals surface area contributed by atoms with Gasteiger partial charge in [0.1, 0.15) is 0 Å². The number of rotatable bonds is 5. The molecule has 2 aliphatic heterocycles. The molecule has 2 heterocycles. The Morgan fingerprint density at radius 1 is 1.31 bits per heavy atom. The lowest BCUT2D eigenvalue weighted by atomic mass is 9.96. The molecular weight excluding hydrogens is 326 g/mol. The van der Waals surface area contributed by atoms with Crippen molar-refractivity contribution in [2.75, 3.05) is 24.5 Å². The summed E-state index contributed by atoms with van der Waals surface area (Å²) in [5.74, 6) is 0.698. The van der Waals surface area contributed by atoms with Gasteiger partial charge in [-0.3, -0.25) is 9.59 Å². The Morgan fingerprint density at radius 2 is 2.04 bits per heavy atom. The number of amides is 2. The molecule has 2 amide bonds. The maximum absolute atomic E-state index is 13.0. The molecule has 0 aromatic heterocycles. The lowest BCUT2D eigenvalue weighted by molar-refractivity contribution is -0.136. The van der Waals surface area contributed by atoms with Crippen LogP contribution in [0.1, 0.15) is 51.5 Å². The summed E-state index contributed by atoms with van der Waals surface area (Å²) in [6, 6.07) is 8.31. The molecule has 5 heteroatoms. The van der Waals surface area contributed by atoms with E-state index in [0.29, 0.717) is 31.3 Å². The molecule has 0 saturated carbocycles. The van der Waals surface area contributed by atoms with Crippen LogP contribution in [0.15, 0.2) is 24.3 Å². The van der Waals surface area contributed by atoms with Gasteiger partial charge >= 0.3 is 0 Å². The third-order valence-corrected chi connectivity index (χ3v) is 6.12. The Kier molecular flexibility index (Phi) is 5.66. The first-order chi connectivity index (χ1) is 12.5. The normalized spacial score (nSPS) is 27.2. The highest BCUT2D eigenvalue weighted by Gasteiger charge is 2.41. The molecule has 0 radical (unpaired) electrons. The van der Waals surface area contributed by atoms with Crippen LogP contribution in [0.2, 0.25) is 0 Å². The molecule has 1 aromatic rings. The SMILES string of the molecule is CCC(C)c1ccccc1N1CC(C(=O)N2CC(CN)CC2C)CC1=O. The first-order valence-corrected chi connectivity index (χ1v) is 9.86. The number of anilines is 1. The van der Waals surface area contributed by atoms with Crippen molar-refractivity contribution < 1.29 is 9.59 Å². The smallest absolute Gasteiger partial charge is 0.228 e. The van der Waals surface area contributed by atoms with Crippen LogP contribution in [-0.2, 0) is 9.59 Å². The molecule has 4 atom stereocenters. The molecule has 26 heavy (non-hydrogen) atoms. The Balaban J connectivity index is 1.77. The van der Waals surface area contributed by atoms with E-state index >= 15 is 0 Å². The summed E-state index contributed by atoms with van der Waals surface area (Å²) >= 11 is 0. The fourth-order valence-corrected chi connectivity index (χ4v) is 4.33. The first-order valence-electron chi connectivity index (χ1n) is 9.86. The molecule has 2 N–H and O–H groups in total. The summed E-state index contributed by atoms with van der Waals surface area (Å²) in [5.41, 5.74) is 7.95. The summed E-state index contributed by atoms with van der Waals surface area (Å²) in [4.78, 5) is 29.5. The van der Waals surface area contributed by atoms with Gasteiger partial charge in [0, 0.05) is 31.2 Å². The van der Waals surface area contributed by atoms with E-state index < -0.39 is 0 Å². The second-order valence-electron chi connectivity index (χ2n) is 7.95. The van der Waals surface area contributed by atoms with Crippen molar-refractivity contribution in [2.24, 2.45) is 17.6 Å². The topological polar surface area (TPSA) is 66.6 Å². The number of benzene rings is 1. The second kappa shape index (κ2) is 7.78. The first kappa shape index (κ1) is 18.9. The molecule has 0 spiro atoms. The number of carbonyl (C=O) groups excluding carboxylic acids is 2. The number of nitrogens with zero attached hydrogens (tertiary/aromatic N) is 2. The van der Waals surface area contributed by atoms with Crippen LogP contribution in [0.5, 0.6) is 0 Å². The van der Waals surface area contributed by atoms with Gasteiger partial charge in [-0.1, -0.05) is 32.0 Å². The standard InChI is InChI=1S/C21H31N3O2/c1-4-14(2)18-7-5-6-8-19(18)24-13-17(10-20(24)25)21(26)23-12-16(11-22)9-15(23)3/h5-8,14-17H,4,9-13,22H2,1-3H3. The molecular formula is C21H31N3O2. The van der Waals surface area contributed by atoms with Gasteiger partial charge in [0.25, 0.3) is 0 Å². The van der Waals surface area contributed by atoms with Crippen LogP contribution < -0.4 is 10.6 Å². The summed E-state index contributed by atoms with van der Waals surface area (Å²) in [6.45, 7) is 8.25. The molecule has 2 fully saturated rings. The fraction of sp³-hybridized carbons (Fsp3) is 0.619. The predicted molar refractivity (Wildman–Crippen MR) is 104 cm³/mol. The molecule has 3 rings (SSSR count). The maximum atomic E-state index is 13.0. The van der Waals surface area contributed by atoms with Gasteiger partial charge < -0.3 is 15.5 Å². The highest BCUT2D eigenvalue weighted by Crippen LogP contribution is 2.35. The van der Waals surface area contributed by atoms with Crippen molar-refractivity contribution in [3.05, 3.63) is 29.8 Å². The van der Waals surface area contributed by atoms with Crippen LogP contribution in [0.4, 0.5) is 5.69 Å². The maximum Gasteiger partial charge on any atom is 0.228 e. The number of carbonyl (C=O) groups is 2. The van der Waals surface area contributed by atoms with Crippen molar-refractivity contribution in [3.63, 3.8) is 0 Å². The third kappa shape index (κ3) is 3.50. The van der Waals surface area contributed by atoms with Crippen molar-refractivity contribution in [2.45, 2.75) is 52.0 Å². The Labute approximate surface area is 156 Å². The molecule has 1 aromatic carbocycles. The van der Waals surface area contributed by atoms with Crippen LogP contribution >= 0.6 is 0 Å². The Bertz CT molecular complexity index is 675. The number of para-hydroxylation sites is 1. The van der Waals surface area contributed by atoms with Gasteiger partial charge in [-0.2, -0.15) is 0 Å². The third-order valence-electron chi connectivity index (χ3n) is 6.12. The minimum atomic E-state index is -0.244. The van der Waals surface area contributed by atoms with E-state index in [1.54, 1.807) is 0 Å². The van der Waals surface area contributed by atoms with E-state index in [2.05, 4.69) is 26.8 Å². The average Bonchev–Trinajstić information content (AvgIpc) is 3.23. The second-order valence-corrected chi connectivity index (χ2v) is 7.95. The monoisotopic (exact) mass is 357 g/mol. The number of hydrogen-bond acceptors (Lipinski definition) is 3. The molecule has 2 aliphatic rings. The van der Waals surface area contributed by atoms with E-state index in [0.717, 1.165) is 25.1 Å². The van der Waals surface area contributed by atoms with Crippen LogP contribution in [-0.4, -0.2) is 42.4 Å². The largest absolute Gasteiger partial charge is 0.339 e. The van der Waals surface area contributed by atoms with E-state index in [9.17, 15) is 9.59 Å². The average molecular weight is 357 g/mol. The van der Waals surface area contributed by atoms with Gasteiger partial charge in [-0.05, 0) is 49.8 Å². The quantitative estimate of drug-likeness (QED) is 0.881. The minimum absolute atomic E-state index is 0.0568. The summed E-state index contributed by atoms with van der Waals surface area (Å²) in [7, 11) is 0. The number of hydrogen-bond donors (Lipinski definition) is 1.